The van der Waals surface area contributed by atoms with Gasteiger partial charge in [-0.25, -0.2) is 0 Å². The van der Waals surface area contributed by atoms with E-state index in [1.54, 1.807) is 0 Å². The Kier molecular flexibility index (Phi) is 6.22. The molecule has 0 spiro atoms. The fourth-order valence-corrected chi connectivity index (χ4v) is 3.56. The van der Waals surface area contributed by atoms with E-state index in [-0.39, 0.29) is 5.91 Å². The van der Waals surface area contributed by atoms with Gasteiger partial charge in [-0.2, -0.15) is 0 Å². The summed E-state index contributed by atoms with van der Waals surface area (Å²) in [7, 11) is 0. The molecule has 1 aliphatic heterocycles. The number of amides is 1. The van der Waals surface area contributed by atoms with Crippen LogP contribution in [0.25, 0.3) is 0 Å². The Hall–Kier alpha value is -3.11. The lowest BCUT2D eigenvalue weighted by molar-refractivity contribution is 0.0628. The number of carbonyl (C=O) groups excluding carboxylic acids is 1. The molecule has 0 N–H and O–H groups in total. The van der Waals surface area contributed by atoms with Crippen molar-refractivity contribution in [2.45, 2.75) is 13.2 Å². The summed E-state index contributed by atoms with van der Waals surface area (Å²) in [6.07, 6.45) is 0. The van der Waals surface area contributed by atoms with Crippen LogP contribution >= 0.6 is 0 Å². The van der Waals surface area contributed by atoms with Crippen LogP contribution < -0.4 is 4.74 Å². The topological polar surface area (TPSA) is 32.8 Å². The zero-order valence-corrected chi connectivity index (χ0v) is 16.5. The van der Waals surface area contributed by atoms with E-state index in [1.807, 2.05) is 65.6 Å². The lowest BCUT2D eigenvalue weighted by atomic mass is 10.1. The van der Waals surface area contributed by atoms with Crippen molar-refractivity contribution >= 4 is 5.91 Å². The third-order valence-corrected chi connectivity index (χ3v) is 5.26. The molecule has 3 aromatic carbocycles. The van der Waals surface area contributed by atoms with E-state index in [2.05, 4.69) is 29.2 Å². The Bertz CT molecular complexity index is 903. The number of hydrogen-bond acceptors (Lipinski definition) is 3. The monoisotopic (exact) mass is 386 g/mol. The molecule has 4 nitrogen and oxygen atoms in total. The highest BCUT2D eigenvalue weighted by atomic mass is 16.5. The number of para-hydroxylation sites is 1. The lowest BCUT2D eigenvalue weighted by Gasteiger charge is -2.34. The van der Waals surface area contributed by atoms with Gasteiger partial charge in [-0.15, -0.1) is 0 Å². The maximum Gasteiger partial charge on any atom is 0.253 e. The molecule has 0 radical (unpaired) electrons. The summed E-state index contributed by atoms with van der Waals surface area (Å²) in [6.45, 7) is 4.79. The van der Waals surface area contributed by atoms with Gasteiger partial charge < -0.3 is 9.64 Å². The quantitative estimate of drug-likeness (QED) is 0.636. The summed E-state index contributed by atoms with van der Waals surface area (Å²) in [4.78, 5) is 17.2. The van der Waals surface area contributed by atoms with Crippen LogP contribution in [-0.4, -0.2) is 41.9 Å². The Balaban J connectivity index is 1.27. The fraction of sp³-hybridized carbons (Fsp3) is 0.240. The van der Waals surface area contributed by atoms with E-state index < -0.39 is 0 Å². The van der Waals surface area contributed by atoms with Crippen LogP contribution in [0.1, 0.15) is 21.5 Å². The number of nitrogens with zero attached hydrogens (tertiary/aromatic N) is 2. The number of piperazine rings is 1. The van der Waals surface area contributed by atoms with Gasteiger partial charge in [0.2, 0.25) is 0 Å². The van der Waals surface area contributed by atoms with Gasteiger partial charge in [-0.1, -0.05) is 60.7 Å². The summed E-state index contributed by atoms with van der Waals surface area (Å²) < 4.78 is 5.77. The molecule has 3 aromatic rings. The molecule has 0 atom stereocenters. The Labute approximate surface area is 172 Å². The summed E-state index contributed by atoms with van der Waals surface area (Å²) in [6, 6.07) is 28.0. The molecule has 4 heteroatoms. The fourth-order valence-electron chi connectivity index (χ4n) is 3.56. The van der Waals surface area contributed by atoms with Crippen molar-refractivity contribution < 1.29 is 9.53 Å². The predicted molar refractivity (Wildman–Crippen MR) is 115 cm³/mol. The van der Waals surface area contributed by atoms with Crippen molar-refractivity contribution in [2.24, 2.45) is 0 Å². The Morgan fingerprint density at radius 2 is 1.34 bits per heavy atom. The molecule has 0 saturated carbocycles. The van der Waals surface area contributed by atoms with E-state index in [0.29, 0.717) is 6.61 Å². The van der Waals surface area contributed by atoms with E-state index in [1.165, 1.54) is 5.56 Å². The molecule has 1 amide bonds. The molecule has 0 bridgehead atoms. The zero-order valence-electron chi connectivity index (χ0n) is 16.5. The van der Waals surface area contributed by atoms with Crippen LogP contribution in [0.5, 0.6) is 5.75 Å². The van der Waals surface area contributed by atoms with Crippen molar-refractivity contribution in [3.8, 4) is 5.75 Å². The van der Waals surface area contributed by atoms with E-state index in [0.717, 1.165) is 49.6 Å². The van der Waals surface area contributed by atoms with E-state index >= 15 is 0 Å². The Morgan fingerprint density at radius 1 is 0.724 bits per heavy atom. The van der Waals surface area contributed by atoms with Crippen molar-refractivity contribution in [2.75, 3.05) is 26.2 Å². The Morgan fingerprint density at radius 3 is 2.00 bits per heavy atom. The smallest absolute Gasteiger partial charge is 0.253 e. The van der Waals surface area contributed by atoms with Gasteiger partial charge in [-0.3, -0.25) is 9.69 Å². The summed E-state index contributed by atoms with van der Waals surface area (Å²) >= 11 is 0. The average molecular weight is 386 g/mol. The number of hydrogen-bond donors (Lipinski definition) is 0. The van der Waals surface area contributed by atoms with Gasteiger partial charge in [0.1, 0.15) is 12.4 Å². The van der Waals surface area contributed by atoms with Crippen molar-refractivity contribution in [1.29, 1.82) is 0 Å². The molecule has 0 unspecified atom stereocenters. The molecule has 1 saturated heterocycles. The van der Waals surface area contributed by atoms with E-state index in [4.69, 9.17) is 4.74 Å². The van der Waals surface area contributed by atoms with Crippen LogP contribution in [0, 0.1) is 0 Å². The molecule has 1 heterocycles. The first kappa shape index (κ1) is 19.2. The minimum Gasteiger partial charge on any atom is -0.489 e. The highest BCUT2D eigenvalue weighted by Crippen LogP contribution is 2.15. The average Bonchev–Trinajstić information content (AvgIpc) is 2.79. The second-order valence-corrected chi connectivity index (χ2v) is 7.35. The molecule has 1 aliphatic rings. The second kappa shape index (κ2) is 9.39. The molecule has 1 fully saturated rings. The standard InChI is InChI=1S/C25H26N2O2/c28-25(27-17-15-26(16-18-27)19-21-7-3-1-4-8-21)23-13-11-22(12-14-23)20-29-24-9-5-2-6-10-24/h1-14H,15-20H2. The van der Waals surface area contributed by atoms with Gasteiger partial charge in [0, 0.05) is 38.3 Å². The molecule has 0 aliphatic carbocycles. The summed E-state index contributed by atoms with van der Waals surface area (Å²) in [5.74, 6) is 0.959. The third kappa shape index (κ3) is 5.24. The number of carbonyl (C=O) groups is 1. The first-order chi connectivity index (χ1) is 14.3. The SMILES string of the molecule is O=C(c1ccc(COc2ccccc2)cc1)N1CCN(Cc2ccccc2)CC1. The molecule has 29 heavy (non-hydrogen) atoms. The van der Waals surface area contributed by atoms with Crippen LogP contribution in [0.15, 0.2) is 84.9 Å². The van der Waals surface area contributed by atoms with Crippen LogP contribution in [0.4, 0.5) is 0 Å². The third-order valence-electron chi connectivity index (χ3n) is 5.26. The number of benzene rings is 3. The predicted octanol–water partition coefficient (Wildman–Crippen LogP) is 4.22. The van der Waals surface area contributed by atoms with Gasteiger partial charge >= 0.3 is 0 Å². The van der Waals surface area contributed by atoms with Crippen molar-refractivity contribution in [3.63, 3.8) is 0 Å². The molecular formula is C25H26N2O2. The van der Waals surface area contributed by atoms with Crippen LogP contribution in [-0.2, 0) is 13.2 Å². The molecule has 4 rings (SSSR count). The van der Waals surface area contributed by atoms with Gasteiger partial charge in [0.15, 0.2) is 0 Å². The van der Waals surface area contributed by atoms with Gasteiger partial charge in [0.25, 0.3) is 5.91 Å². The van der Waals surface area contributed by atoms with Gasteiger partial charge in [-0.05, 0) is 35.4 Å². The van der Waals surface area contributed by atoms with Crippen LogP contribution in [0.3, 0.4) is 0 Å². The maximum absolute atomic E-state index is 12.8. The largest absolute Gasteiger partial charge is 0.489 e. The van der Waals surface area contributed by atoms with Crippen LogP contribution in [0.2, 0.25) is 0 Å². The molecule has 0 aromatic heterocycles. The first-order valence-electron chi connectivity index (χ1n) is 10.1. The summed E-state index contributed by atoms with van der Waals surface area (Å²) in [5, 5.41) is 0. The van der Waals surface area contributed by atoms with E-state index in [9.17, 15) is 4.79 Å². The van der Waals surface area contributed by atoms with Crippen molar-refractivity contribution in [3.05, 3.63) is 102 Å². The number of rotatable bonds is 6. The summed E-state index contributed by atoms with van der Waals surface area (Å²) in [5.41, 5.74) is 3.11. The first-order valence-corrected chi connectivity index (χ1v) is 10.1. The minimum atomic E-state index is 0.111. The maximum atomic E-state index is 12.8. The zero-order chi connectivity index (χ0) is 19.9. The van der Waals surface area contributed by atoms with Gasteiger partial charge in [0.05, 0.1) is 0 Å². The number of ether oxygens (including phenoxy) is 1. The molecule has 148 valence electrons. The van der Waals surface area contributed by atoms with Crippen molar-refractivity contribution in [1.82, 2.24) is 9.80 Å². The second-order valence-electron chi connectivity index (χ2n) is 7.35. The highest BCUT2D eigenvalue weighted by molar-refractivity contribution is 5.94. The highest BCUT2D eigenvalue weighted by Gasteiger charge is 2.22. The minimum absolute atomic E-state index is 0.111. The lowest BCUT2D eigenvalue weighted by Crippen LogP contribution is -2.48. The normalized spacial score (nSPS) is 14.6. The molecular weight excluding hydrogens is 360 g/mol.